The lowest BCUT2D eigenvalue weighted by atomic mass is 9.75. The molecule has 3 N–H and O–H groups in total. The minimum atomic E-state index is 0.188. The summed E-state index contributed by atoms with van der Waals surface area (Å²) in [5.41, 5.74) is 0.188. The van der Waals surface area contributed by atoms with Crippen LogP contribution in [0.1, 0.15) is 65.7 Å². The van der Waals surface area contributed by atoms with Gasteiger partial charge in [0.2, 0.25) is 0 Å². The molecule has 0 heterocycles. The molecule has 0 amide bonds. The first-order valence-electron chi connectivity index (χ1n) is 10.3. The molecule has 0 aromatic rings. The van der Waals surface area contributed by atoms with E-state index in [1.165, 1.54) is 25.7 Å². The van der Waals surface area contributed by atoms with Gasteiger partial charge in [-0.05, 0) is 58.5 Å². The Hall–Kier alpha value is -0.810. The maximum atomic E-state index is 9.25. The molecule has 1 rings (SSSR count). The van der Waals surface area contributed by atoms with Crippen LogP contribution in [-0.2, 0) is 0 Å². The highest BCUT2D eigenvalue weighted by Gasteiger charge is 2.36. The molecule has 0 bridgehead atoms. The van der Waals surface area contributed by atoms with Gasteiger partial charge in [0.25, 0.3) is 0 Å². The van der Waals surface area contributed by atoms with E-state index < -0.39 is 0 Å². The van der Waals surface area contributed by atoms with Gasteiger partial charge in [0, 0.05) is 25.2 Å². The highest BCUT2D eigenvalue weighted by Crippen LogP contribution is 2.35. The molecule has 1 fully saturated rings. The molecule has 1 aliphatic rings. The fourth-order valence-corrected chi connectivity index (χ4v) is 4.07. The summed E-state index contributed by atoms with van der Waals surface area (Å²) >= 11 is 0. The van der Waals surface area contributed by atoms with Crippen molar-refractivity contribution < 1.29 is 5.11 Å². The second-order valence-electron chi connectivity index (χ2n) is 8.06. The molecule has 0 saturated heterocycles. The van der Waals surface area contributed by atoms with Crippen molar-refractivity contribution in [3.8, 4) is 0 Å². The summed E-state index contributed by atoms with van der Waals surface area (Å²) in [5, 5.41) is 16.1. The molecule has 1 aliphatic carbocycles. The van der Waals surface area contributed by atoms with Gasteiger partial charge in [-0.15, -0.1) is 0 Å². The van der Waals surface area contributed by atoms with Gasteiger partial charge in [0.1, 0.15) is 0 Å². The third kappa shape index (κ3) is 7.53. The standard InChI is InChI=1S/C20H42N4O/c1-6-9-18(11-13-25)15-22-19(21-7-2)23-16-20(24(4)5)12-8-10-17(3)14-20/h17-18,25H,6-16H2,1-5H3,(H2,21,22,23). The fourth-order valence-electron chi connectivity index (χ4n) is 4.07. The number of hydrogen-bond donors (Lipinski definition) is 3. The molecule has 0 aromatic carbocycles. The summed E-state index contributed by atoms with van der Waals surface area (Å²) in [7, 11) is 4.40. The summed E-state index contributed by atoms with van der Waals surface area (Å²) < 4.78 is 0. The summed E-state index contributed by atoms with van der Waals surface area (Å²) in [6, 6.07) is 0. The minimum Gasteiger partial charge on any atom is -0.396 e. The molecule has 1 saturated carbocycles. The average molecular weight is 355 g/mol. The van der Waals surface area contributed by atoms with Gasteiger partial charge in [-0.25, -0.2) is 0 Å². The van der Waals surface area contributed by atoms with Crippen molar-refractivity contribution in [1.82, 2.24) is 15.5 Å². The molecular weight excluding hydrogens is 312 g/mol. The Morgan fingerprint density at radius 3 is 2.60 bits per heavy atom. The lowest BCUT2D eigenvalue weighted by molar-refractivity contribution is 0.0845. The Morgan fingerprint density at radius 1 is 1.28 bits per heavy atom. The van der Waals surface area contributed by atoms with Crippen LogP contribution in [0, 0.1) is 11.8 Å². The summed E-state index contributed by atoms with van der Waals surface area (Å²) in [6.07, 6.45) is 8.26. The molecule has 0 aromatic heterocycles. The van der Waals surface area contributed by atoms with E-state index in [0.717, 1.165) is 50.8 Å². The Bertz CT molecular complexity index is 380. The maximum absolute atomic E-state index is 9.25. The lowest BCUT2D eigenvalue weighted by Gasteiger charge is -2.44. The van der Waals surface area contributed by atoms with Gasteiger partial charge >= 0.3 is 0 Å². The van der Waals surface area contributed by atoms with Crippen LogP contribution in [0.25, 0.3) is 0 Å². The molecule has 148 valence electrons. The van der Waals surface area contributed by atoms with E-state index in [4.69, 9.17) is 4.99 Å². The molecular formula is C20H42N4O. The second kappa shape index (κ2) is 11.7. The highest BCUT2D eigenvalue weighted by atomic mass is 16.3. The second-order valence-corrected chi connectivity index (χ2v) is 8.06. The van der Waals surface area contributed by atoms with Crippen LogP contribution in [0.3, 0.4) is 0 Å². The highest BCUT2D eigenvalue weighted by molar-refractivity contribution is 5.79. The van der Waals surface area contributed by atoms with Crippen LogP contribution in [0.2, 0.25) is 0 Å². The van der Waals surface area contributed by atoms with E-state index in [9.17, 15) is 5.11 Å². The van der Waals surface area contributed by atoms with Gasteiger partial charge in [-0.2, -0.15) is 0 Å². The largest absolute Gasteiger partial charge is 0.396 e. The quantitative estimate of drug-likeness (QED) is 0.417. The van der Waals surface area contributed by atoms with E-state index in [1.807, 2.05) is 0 Å². The Labute approximate surface area is 155 Å². The maximum Gasteiger partial charge on any atom is 0.191 e. The monoisotopic (exact) mass is 354 g/mol. The Balaban J connectivity index is 2.71. The van der Waals surface area contributed by atoms with E-state index in [0.29, 0.717) is 5.92 Å². The number of aliphatic hydroxyl groups is 1. The number of aliphatic hydroxyl groups excluding tert-OH is 1. The lowest BCUT2D eigenvalue weighted by Crippen LogP contribution is -2.51. The van der Waals surface area contributed by atoms with E-state index >= 15 is 0 Å². The molecule has 5 nitrogen and oxygen atoms in total. The van der Waals surface area contributed by atoms with Crippen molar-refractivity contribution in [3.63, 3.8) is 0 Å². The average Bonchev–Trinajstić information content (AvgIpc) is 2.57. The number of rotatable bonds is 10. The molecule has 0 spiro atoms. The third-order valence-corrected chi connectivity index (χ3v) is 5.68. The summed E-state index contributed by atoms with van der Waals surface area (Å²) in [4.78, 5) is 7.34. The predicted molar refractivity (Wildman–Crippen MR) is 108 cm³/mol. The van der Waals surface area contributed by atoms with Crippen LogP contribution >= 0.6 is 0 Å². The summed E-state index contributed by atoms with van der Waals surface area (Å²) in [5.74, 6) is 2.21. The Morgan fingerprint density at radius 2 is 2.04 bits per heavy atom. The van der Waals surface area contributed by atoms with Gasteiger partial charge in [-0.1, -0.05) is 33.1 Å². The SMILES string of the molecule is CCCC(CCO)CNC(=NCC1(N(C)C)CCCC(C)C1)NCC. The number of guanidine groups is 1. The van der Waals surface area contributed by atoms with Crippen molar-refractivity contribution in [3.05, 3.63) is 0 Å². The number of hydrogen-bond acceptors (Lipinski definition) is 3. The van der Waals surface area contributed by atoms with Crippen molar-refractivity contribution >= 4 is 5.96 Å². The first-order chi connectivity index (χ1) is 12.0. The predicted octanol–water partition coefficient (Wildman–Crippen LogP) is 2.85. The first kappa shape index (κ1) is 22.2. The number of aliphatic imine (C=N–C) groups is 1. The Kier molecular flexibility index (Phi) is 10.4. The van der Waals surface area contributed by atoms with Gasteiger partial charge in [0.05, 0.1) is 6.54 Å². The van der Waals surface area contributed by atoms with Crippen molar-refractivity contribution in [2.24, 2.45) is 16.8 Å². The third-order valence-electron chi connectivity index (χ3n) is 5.68. The smallest absolute Gasteiger partial charge is 0.191 e. The summed E-state index contributed by atoms with van der Waals surface area (Å²) in [6.45, 7) is 9.55. The van der Waals surface area contributed by atoms with E-state index in [-0.39, 0.29) is 12.1 Å². The van der Waals surface area contributed by atoms with Crippen molar-refractivity contribution in [2.45, 2.75) is 71.3 Å². The molecule has 0 radical (unpaired) electrons. The van der Waals surface area contributed by atoms with Crippen molar-refractivity contribution in [1.29, 1.82) is 0 Å². The van der Waals surface area contributed by atoms with Crippen LogP contribution in [0.15, 0.2) is 4.99 Å². The van der Waals surface area contributed by atoms with E-state index in [1.54, 1.807) is 0 Å². The molecule has 25 heavy (non-hydrogen) atoms. The topological polar surface area (TPSA) is 59.9 Å². The van der Waals surface area contributed by atoms with Crippen LogP contribution in [0.5, 0.6) is 0 Å². The minimum absolute atomic E-state index is 0.188. The van der Waals surface area contributed by atoms with E-state index in [2.05, 4.69) is 50.4 Å². The van der Waals surface area contributed by atoms with Crippen LogP contribution in [-0.4, -0.2) is 61.8 Å². The van der Waals surface area contributed by atoms with Gasteiger partial charge in [0.15, 0.2) is 5.96 Å². The molecule has 5 heteroatoms. The first-order valence-corrected chi connectivity index (χ1v) is 10.3. The number of likely N-dealkylation sites (N-methyl/N-ethyl adjacent to an activating group) is 1. The zero-order valence-electron chi connectivity index (χ0n) is 17.3. The normalized spacial score (nSPS) is 25.9. The molecule has 3 unspecified atom stereocenters. The molecule has 3 atom stereocenters. The van der Waals surface area contributed by atoms with Crippen molar-refractivity contribution in [2.75, 3.05) is 40.3 Å². The zero-order valence-corrected chi connectivity index (χ0v) is 17.3. The zero-order chi connectivity index (χ0) is 18.7. The van der Waals surface area contributed by atoms with Gasteiger partial charge in [-0.3, -0.25) is 4.99 Å². The number of nitrogens with one attached hydrogen (secondary N) is 2. The number of nitrogens with zero attached hydrogens (tertiary/aromatic N) is 2. The van der Waals surface area contributed by atoms with Gasteiger partial charge < -0.3 is 20.6 Å². The fraction of sp³-hybridized carbons (Fsp3) is 0.950. The molecule has 0 aliphatic heterocycles. The van der Waals surface area contributed by atoms with Crippen LogP contribution < -0.4 is 10.6 Å². The van der Waals surface area contributed by atoms with Crippen LogP contribution in [0.4, 0.5) is 0 Å².